The van der Waals surface area contributed by atoms with Crippen molar-refractivity contribution in [3.05, 3.63) is 65.0 Å². The van der Waals surface area contributed by atoms with Gasteiger partial charge in [-0.3, -0.25) is 9.59 Å². The lowest BCUT2D eigenvalue weighted by molar-refractivity contribution is -0.180. The molecule has 182 valence electrons. The molecule has 5 heteroatoms. The number of hydrogen-bond acceptors (Lipinski definition) is 4. The summed E-state index contributed by atoms with van der Waals surface area (Å²) in [5, 5.41) is 0.958. The molecular formula is C29H37NO4. The Bertz CT molecular complexity index is 1220. The quantitative estimate of drug-likeness (QED) is 0.346. The average molecular weight is 464 g/mol. The number of benzene rings is 2. The second kappa shape index (κ2) is 9.65. The Morgan fingerprint density at radius 1 is 0.941 bits per heavy atom. The lowest BCUT2D eigenvalue weighted by atomic mass is 9.88. The van der Waals surface area contributed by atoms with Crippen molar-refractivity contribution in [3.8, 4) is 16.9 Å². The monoisotopic (exact) mass is 463 g/mol. The van der Waals surface area contributed by atoms with Gasteiger partial charge in [0.2, 0.25) is 0 Å². The highest BCUT2D eigenvalue weighted by molar-refractivity contribution is 5.85. The van der Waals surface area contributed by atoms with E-state index in [1.54, 1.807) is 0 Å². The number of carbonyl (C=O) groups excluding carboxylic acids is 1. The van der Waals surface area contributed by atoms with Crippen LogP contribution in [0.15, 0.2) is 59.4 Å². The van der Waals surface area contributed by atoms with Crippen LogP contribution in [0, 0.1) is 5.92 Å². The highest BCUT2D eigenvalue weighted by Crippen LogP contribution is 2.34. The molecule has 0 saturated carbocycles. The van der Waals surface area contributed by atoms with Crippen molar-refractivity contribution >= 4 is 16.9 Å². The van der Waals surface area contributed by atoms with Gasteiger partial charge in [-0.05, 0) is 77.1 Å². The summed E-state index contributed by atoms with van der Waals surface area (Å²) in [5.41, 5.74) is 0.674. The van der Waals surface area contributed by atoms with Crippen LogP contribution in [-0.4, -0.2) is 21.7 Å². The molecule has 1 heterocycles. The summed E-state index contributed by atoms with van der Waals surface area (Å²) in [5.74, 6) is 0.214. The Morgan fingerprint density at radius 3 is 2.18 bits per heavy atom. The molecule has 0 spiro atoms. The fourth-order valence-corrected chi connectivity index (χ4v) is 3.77. The molecule has 5 nitrogen and oxygen atoms in total. The third-order valence-corrected chi connectivity index (χ3v) is 6.81. The fraction of sp³-hybridized carbons (Fsp3) is 0.448. The van der Waals surface area contributed by atoms with Gasteiger partial charge in [0, 0.05) is 17.7 Å². The number of esters is 1. The highest BCUT2D eigenvalue weighted by Gasteiger charge is 2.43. The number of ether oxygens (including phenoxy) is 2. The van der Waals surface area contributed by atoms with E-state index in [1.807, 2.05) is 115 Å². The molecule has 3 aromatic rings. The van der Waals surface area contributed by atoms with Gasteiger partial charge in [-0.2, -0.15) is 0 Å². The van der Waals surface area contributed by atoms with Crippen LogP contribution < -0.4 is 10.3 Å². The minimum absolute atomic E-state index is 0.0325. The van der Waals surface area contributed by atoms with Crippen molar-refractivity contribution < 1.29 is 14.3 Å². The number of aromatic nitrogens is 1. The highest BCUT2D eigenvalue weighted by atomic mass is 16.6. The van der Waals surface area contributed by atoms with E-state index in [2.05, 4.69) is 0 Å². The zero-order chi connectivity index (χ0) is 25.3. The van der Waals surface area contributed by atoms with E-state index >= 15 is 0 Å². The normalized spacial score (nSPS) is 13.2. The van der Waals surface area contributed by atoms with E-state index in [4.69, 9.17) is 9.47 Å². The summed E-state index contributed by atoms with van der Waals surface area (Å²) in [6.45, 7) is 15.4. The van der Waals surface area contributed by atoms with Crippen LogP contribution in [0.2, 0.25) is 0 Å². The van der Waals surface area contributed by atoms with Gasteiger partial charge in [0.15, 0.2) is 0 Å². The zero-order valence-electron chi connectivity index (χ0n) is 21.6. The molecule has 0 N–H and O–H groups in total. The van der Waals surface area contributed by atoms with Crippen LogP contribution in [0.1, 0.15) is 67.9 Å². The summed E-state index contributed by atoms with van der Waals surface area (Å²) in [7, 11) is 0. The average Bonchev–Trinajstić information content (AvgIpc) is 2.77. The van der Waals surface area contributed by atoms with Crippen molar-refractivity contribution in [1.29, 1.82) is 0 Å². The molecule has 2 aromatic carbocycles. The maximum atomic E-state index is 13.5. The van der Waals surface area contributed by atoms with E-state index < -0.39 is 11.2 Å². The van der Waals surface area contributed by atoms with E-state index in [9.17, 15) is 9.59 Å². The zero-order valence-corrected chi connectivity index (χ0v) is 21.6. The molecule has 0 amide bonds. The predicted octanol–water partition coefficient (Wildman–Crippen LogP) is 6.77. The van der Waals surface area contributed by atoms with Crippen molar-refractivity contribution in [2.45, 2.75) is 79.1 Å². The molecular weight excluding hydrogens is 426 g/mol. The van der Waals surface area contributed by atoms with Crippen molar-refractivity contribution in [1.82, 2.24) is 4.57 Å². The van der Waals surface area contributed by atoms with Crippen LogP contribution in [-0.2, 0) is 9.53 Å². The van der Waals surface area contributed by atoms with Gasteiger partial charge in [-0.15, -0.1) is 0 Å². The number of fused-ring (bicyclic) bond motifs is 1. The van der Waals surface area contributed by atoms with Crippen LogP contribution in [0.4, 0.5) is 0 Å². The Morgan fingerprint density at radius 2 is 1.59 bits per heavy atom. The Labute approximate surface area is 202 Å². The molecule has 0 bridgehead atoms. The second-order valence-electron chi connectivity index (χ2n) is 10.3. The maximum absolute atomic E-state index is 13.5. The number of hydrogen-bond donors (Lipinski definition) is 0. The van der Waals surface area contributed by atoms with Gasteiger partial charge in [0.05, 0.1) is 11.4 Å². The predicted molar refractivity (Wildman–Crippen MR) is 138 cm³/mol. The summed E-state index contributed by atoms with van der Waals surface area (Å²) in [6.07, 6.45) is 0.721. The van der Waals surface area contributed by atoms with Crippen molar-refractivity contribution in [2.24, 2.45) is 5.92 Å². The van der Waals surface area contributed by atoms with E-state index in [-0.39, 0.29) is 23.5 Å². The van der Waals surface area contributed by atoms with Crippen LogP contribution in [0.3, 0.4) is 0 Å². The molecule has 0 aliphatic rings. The second-order valence-corrected chi connectivity index (χ2v) is 10.3. The number of pyridine rings is 1. The summed E-state index contributed by atoms with van der Waals surface area (Å²) < 4.78 is 14.0. The summed E-state index contributed by atoms with van der Waals surface area (Å²) in [4.78, 5) is 25.9. The SMILES string of the molecule is CCC(C)C(=O)OC(C)(C)C(C)(C)Oc1ccc2cc(-c3ccccc3)c(=O)n(C(C)C)c2c1. The standard InChI is InChI=1S/C29H37NO4/c1-9-20(4)27(32)34-29(7,8)28(5,6)33-23-16-15-22-17-24(21-13-11-10-12-14-21)26(31)30(19(2)3)25(22)18-23/h10-20H,9H2,1-8H3. The van der Waals surface area contributed by atoms with Gasteiger partial charge < -0.3 is 14.0 Å². The molecule has 0 aliphatic carbocycles. The first-order chi connectivity index (χ1) is 15.9. The topological polar surface area (TPSA) is 57.5 Å². The molecule has 3 rings (SSSR count). The lowest BCUT2D eigenvalue weighted by Gasteiger charge is -2.41. The molecule has 1 unspecified atom stereocenters. The third-order valence-electron chi connectivity index (χ3n) is 6.81. The van der Waals surface area contributed by atoms with Gasteiger partial charge in [-0.25, -0.2) is 0 Å². The van der Waals surface area contributed by atoms with Gasteiger partial charge in [-0.1, -0.05) is 44.2 Å². The van der Waals surface area contributed by atoms with Crippen LogP contribution >= 0.6 is 0 Å². The largest absolute Gasteiger partial charge is 0.484 e. The Kier molecular flexibility index (Phi) is 7.25. The first kappa shape index (κ1) is 25.5. The molecule has 0 saturated heterocycles. The van der Waals surface area contributed by atoms with E-state index in [1.165, 1.54) is 0 Å². The Balaban J connectivity index is 2.03. The smallest absolute Gasteiger partial charge is 0.309 e. The molecule has 1 atom stereocenters. The number of nitrogens with zero attached hydrogens (tertiary/aromatic N) is 1. The minimum Gasteiger partial charge on any atom is -0.484 e. The van der Waals surface area contributed by atoms with Crippen molar-refractivity contribution in [3.63, 3.8) is 0 Å². The number of rotatable bonds is 8. The lowest BCUT2D eigenvalue weighted by Crippen LogP contribution is -2.53. The van der Waals surface area contributed by atoms with Crippen molar-refractivity contribution in [2.75, 3.05) is 0 Å². The number of carbonyl (C=O) groups is 1. The first-order valence-electron chi connectivity index (χ1n) is 12.0. The molecule has 34 heavy (non-hydrogen) atoms. The molecule has 0 fully saturated rings. The van der Waals surface area contributed by atoms with Crippen LogP contribution in [0.5, 0.6) is 5.75 Å². The Hall–Kier alpha value is -3.08. The minimum atomic E-state index is -0.864. The molecule has 1 aromatic heterocycles. The van der Waals surface area contributed by atoms with E-state index in [0.29, 0.717) is 11.3 Å². The van der Waals surface area contributed by atoms with Gasteiger partial charge >= 0.3 is 5.97 Å². The summed E-state index contributed by atoms with van der Waals surface area (Å²) in [6, 6.07) is 17.4. The molecule has 0 aliphatic heterocycles. The molecule has 0 radical (unpaired) electrons. The summed E-state index contributed by atoms with van der Waals surface area (Å²) >= 11 is 0. The van der Waals surface area contributed by atoms with Gasteiger partial charge in [0.1, 0.15) is 17.0 Å². The van der Waals surface area contributed by atoms with E-state index in [0.717, 1.165) is 22.9 Å². The van der Waals surface area contributed by atoms with Gasteiger partial charge in [0.25, 0.3) is 5.56 Å². The first-order valence-corrected chi connectivity index (χ1v) is 12.0. The van der Waals surface area contributed by atoms with Crippen LogP contribution in [0.25, 0.3) is 22.0 Å². The fourth-order valence-electron chi connectivity index (χ4n) is 3.77. The maximum Gasteiger partial charge on any atom is 0.309 e. The third kappa shape index (κ3) is 5.03.